The van der Waals surface area contributed by atoms with E-state index in [1.807, 2.05) is 18.3 Å². The van der Waals surface area contributed by atoms with Crippen molar-refractivity contribution in [1.29, 1.82) is 0 Å². The number of benzene rings is 1. The Labute approximate surface area is 127 Å². The van der Waals surface area contributed by atoms with Gasteiger partial charge in [0.05, 0.1) is 12.8 Å². The summed E-state index contributed by atoms with van der Waals surface area (Å²) in [6.45, 7) is 5.27. The summed E-state index contributed by atoms with van der Waals surface area (Å²) in [6.07, 6.45) is 2.70. The van der Waals surface area contributed by atoms with Crippen LogP contribution in [0.4, 0.5) is 0 Å². The topological polar surface area (TPSA) is 34.1 Å². The van der Waals surface area contributed by atoms with Crippen molar-refractivity contribution in [3.63, 3.8) is 0 Å². The molecule has 3 nitrogen and oxygen atoms in total. The third-order valence-electron chi connectivity index (χ3n) is 3.55. The van der Waals surface area contributed by atoms with E-state index >= 15 is 0 Å². The zero-order chi connectivity index (χ0) is 15.1. The molecular weight excluding hydrogens is 260 g/mol. The highest BCUT2D eigenvalue weighted by Gasteiger charge is 2.16. The van der Waals surface area contributed by atoms with Gasteiger partial charge in [0.25, 0.3) is 0 Å². The third-order valence-corrected chi connectivity index (χ3v) is 3.55. The monoisotopic (exact) mass is 284 g/mol. The van der Waals surface area contributed by atoms with Gasteiger partial charge in [0.2, 0.25) is 0 Å². The van der Waals surface area contributed by atoms with Crippen LogP contribution in [0.25, 0.3) is 0 Å². The van der Waals surface area contributed by atoms with Crippen molar-refractivity contribution >= 4 is 0 Å². The lowest BCUT2D eigenvalue weighted by atomic mass is 9.93. The lowest BCUT2D eigenvalue weighted by Gasteiger charge is -2.20. The molecule has 1 aromatic carbocycles. The fraction of sp³-hybridized carbons (Fsp3) is 0.389. The van der Waals surface area contributed by atoms with Gasteiger partial charge in [-0.3, -0.25) is 4.98 Å². The maximum absolute atomic E-state index is 5.42. The van der Waals surface area contributed by atoms with Gasteiger partial charge in [-0.15, -0.1) is 0 Å². The summed E-state index contributed by atoms with van der Waals surface area (Å²) in [6, 6.07) is 15.0. The molecule has 2 aromatic rings. The van der Waals surface area contributed by atoms with Crippen LogP contribution in [0.2, 0.25) is 0 Å². The maximum Gasteiger partial charge on any atom is 0.140 e. The first-order valence-corrected chi connectivity index (χ1v) is 7.47. The summed E-state index contributed by atoms with van der Waals surface area (Å²) >= 11 is 0. The predicted octanol–water partition coefficient (Wildman–Crippen LogP) is 3.41. The maximum atomic E-state index is 5.42. The fourth-order valence-corrected chi connectivity index (χ4v) is 2.41. The number of ether oxygens (including phenoxy) is 1. The Morgan fingerprint density at radius 2 is 1.86 bits per heavy atom. The van der Waals surface area contributed by atoms with Crippen LogP contribution in [0.5, 0.6) is 5.75 Å². The lowest BCUT2D eigenvalue weighted by Crippen LogP contribution is -2.29. The van der Waals surface area contributed by atoms with E-state index < -0.39 is 0 Å². The van der Waals surface area contributed by atoms with E-state index in [1.165, 1.54) is 5.56 Å². The molecular formula is C18H24N2O. The third kappa shape index (κ3) is 4.57. The van der Waals surface area contributed by atoms with E-state index in [0.717, 1.165) is 24.4 Å². The fourth-order valence-electron chi connectivity index (χ4n) is 2.41. The molecule has 1 N–H and O–H groups in total. The number of nitrogens with zero attached hydrogens (tertiary/aromatic N) is 1. The van der Waals surface area contributed by atoms with E-state index in [9.17, 15) is 0 Å². The first kappa shape index (κ1) is 15.5. The second kappa shape index (κ2) is 7.79. The van der Waals surface area contributed by atoms with E-state index in [2.05, 4.69) is 54.5 Å². The lowest BCUT2D eigenvalue weighted by molar-refractivity contribution is 0.403. The van der Waals surface area contributed by atoms with Gasteiger partial charge in [0, 0.05) is 31.1 Å². The Kier molecular flexibility index (Phi) is 5.76. The largest absolute Gasteiger partial charge is 0.495 e. The first-order valence-electron chi connectivity index (χ1n) is 7.47. The van der Waals surface area contributed by atoms with Crippen molar-refractivity contribution in [2.45, 2.75) is 32.2 Å². The Morgan fingerprint density at radius 1 is 1.10 bits per heavy atom. The molecule has 1 atom stereocenters. The second-order valence-electron chi connectivity index (χ2n) is 5.53. The van der Waals surface area contributed by atoms with E-state index in [0.29, 0.717) is 12.0 Å². The van der Waals surface area contributed by atoms with Crippen molar-refractivity contribution in [2.75, 3.05) is 13.7 Å². The molecule has 0 radical (unpaired) electrons. The molecule has 2 rings (SSSR count). The van der Waals surface area contributed by atoms with Gasteiger partial charge < -0.3 is 10.1 Å². The smallest absolute Gasteiger partial charge is 0.140 e. The number of methoxy groups -OCH3 is 1. The predicted molar refractivity (Wildman–Crippen MR) is 86.8 cm³/mol. The molecule has 1 unspecified atom stereocenters. The van der Waals surface area contributed by atoms with Gasteiger partial charge in [0.15, 0.2) is 0 Å². The van der Waals surface area contributed by atoms with Gasteiger partial charge in [-0.1, -0.05) is 44.2 Å². The molecule has 0 saturated carbocycles. The minimum atomic E-state index is 0.386. The van der Waals surface area contributed by atoms with Crippen LogP contribution < -0.4 is 10.1 Å². The Morgan fingerprint density at radius 3 is 2.52 bits per heavy atom. The van der Waals surface area contributed by atoms with Gasteiger partial charge >= 0.3 is 0 Å². The molecule has 0 amide bonds. The van der Waals surface area contributed by atoms with Crippen LogP contribution in [0.15, 0.2) is 48.7 Å². The highest BCUT2D eigenvalue weighted by molar-refractivity contribution is 5.30. The standard InChI is InChI=1S/C18H24N2O/c1-14(2)20-13-16(15-8-5-4-6-9-15)12-17-18(21-3)10-7-11-19-17/h4-11,14,16,20H,12-13H2,1-3H3. The molecule has 0 fully saturated rings. The normalized spacial score (nSPS) is 12.4. The van der Waals surface area contributed by atoms with Crippen LogP contribution >= 0.6 is 0 Å². The molecule has 0 spiro atoms. The first-order chi connectivity index (χ1) is 10.2. The molecule has 1 aromatic heterocycles. The van der Waals surface area contributed by atoms with Crippen LogP contribution in [0, 0.1) is 0 Å². The quantitative estimate of drug-likeness (QED) is 0.846. The summed E-state index contributed by atoms with van der Waals surface area (Å²) in [5.74, 6) is 1.25. The van der Waals surface area contributed by atoms with E-state index in [4.69, 9.17) is 4.74 Å². The molecule has 0 aliphatic heterocycles. The molecule has 0 saturated heterocycles. The highest BCUT2D eigenvalue weighted by Crippen LogP contribution is 2.24. The minimum Gasteiger partial charge on any atom is -0.495 e. The summed E-state index contributed by atoms with van der Waals surface area (Å²) in [4.78, 5) is 4.49. The molecule has 112 valence electrons. The molecule has 1 heterocycles. The van der Waals surface area contributed by atoms with Gasteiger partial charge in [0.1, 0.15) is 5.75 Å². The van der Waals surface area contributed by atoms with Crippen LogP contribution in [-0.2, 0) is 6.42 Å². The summed E-state index contributed by atoms with van der Waals surface area (Å²) in [5.41, 5.74) is 2.35. The van der Waals surface area contributed by atoms with Crippen LogP contribution in [0.3, 0.4) is 0 Å². The zero-order valence-electron chi connectivity index (χ0n) is 13.0. The van der Waals surface area contributed by atoms with Crippen molar-refractivity contribution in [1.82, 2.24) is 10.3 Å². The Hall–Kier alpha value is -1.87. The number of rotatable bonds is 7. The Balaban J connectivity index is 2.19. The van der Waals surface area contributed by atoms with Gasteiger partial charge in [-0.2, -0.15) is 0 Å². The minimum absolute atomic E-state index is 0.386. The molecule has 0 aliphatic rings. The number of hydrogen-bond acceptors (Lipinski definition) is 3. The number of pyridine rings is 1. The molecule has 0 bridgehead atoms. The van der Waals surface area contributed by atoms with Crippen molar-refractivity contribution in [3.05, 3.63) is 59.9 Å². The van der Waals surface area contributed by atoms with Crippen molar-refractivity contribution in [2.24, 2.45) is 0 Å². The van der Waals surface area contributed by atoms with Crippen LogP contribution in [0.1, 0.15) is 31.0 Å². The SMILES string of the molecule is COc1cccnc1CC(CNC(C)C)c1ccccc1. The van der Waals surface area contributed by atoms with E-state index in [-0.39, 0.29) is 0 Å². The van der Waals surface area contributed by atoms with Crippen molar-refractivity contribution in [3.8, 4) is 5.75 Å². The molecule has 3 heteroatoms. The number of nitrogens with one attached hydrogen (secondary N) is 1. The average Bonchev–Trinajstić information content (AvgIpc) is 2.52. The number of aromatic nitrogens is 1. The Bertz CT molecular complexity index is 540. The van der Waals surface area contributed by atoms with Gasteiger partial charge in [-0.25, -0.2) is 0 Å². The second-order valence-corrected chi connectivity index (χ2v) is 5.53. The highest BCUT2D eigenvalue weighted by atomic mass is 16.5. The van der Waals surface area contributed by atoms with E-state index in [1.54, 1.807) is 7.11 Å². The summed E-state index contributed by atoms with van der Waals surface area (Å²) in [7, 11) is 1.70. The van der Waals surface area contributed by atoms with Crippen LogP contribution in [-0.4, -0.2) is 24.7 Å². The zero-order valence-corrected chi connectivity index (χ0v) is 13.0. The van der Waals surface area contributed by atoms with Gasteiger partial charge in [-0.05, 0) is 17.7 Å². The summed E-state index contributed by atoms with van der Waals surface area (Å²) in [5, 5.41) is 3.53. The molecule has 21 heavy (non-hydrogen) atoms. The average molecular weight is 284 g/mol. The van der Waals surface area contributed by atoms with Crippen molar-refractivity contribution < 1.29 is 4.74 Å². The summed E-state index contributed by atoms with van der Waals surface area (Å²) < 4.78 is 5.42. The number of hydrogen-bond donors (Lipinski definition) is 1. The molecule has 0 aliphatic carbocycles.